The minimum atomic E-state index is -3.03. The Morgan fingerprint density at radius 3 is 2.67 bits per heavy atom. The number of nitriles is 1. The summed E-state index contributed by atoms with van der Waals surface area (Å²) in [5, 5.41) is 18.9. The van der Waals surface area contributed by atoms with Crippen LogP contribution in [0.15, 0.2) is 6.20 Å². The molecule has 0 radical (unpaired) electrons. The zero-order valence-electron chi connectivity index (χ0n) is 6.95. The third kappa shape index (κ3) is 2.17. The minimum absolute atomic E-state index is 0.100. The van der Waals surface area contributed by atoms with Gasteiger partial charge in [-0.3, -0.25) is 0 Å². The summed E-state index contributed by atoms with van der Waals surface area (Å²) in [7, 11) is 0. The van der Waals surface area contributed by atoms with Crippen LogP contribution in [0.3, 0.4) is 0 Å². The highest BCUT2D eigenvalue weighted by Crippen LogP contribution is 2.32. The van der Waals surface area contributed by atoms with Crippen molar-refractivity contribution in [1.82, 2.24) is 4.98 Å². The number of rotatable bonds is 2. The topological polar surface area (TPSA) is 79.8 Å². The summed E-state index contributed by atoms with van der Waals surface area (Å²) < 4.78 is 24.9. The van der Waals surface area contributed by atoms with Crippen LogP contribution < -0.4 is 0 Å². The molecule has 5 nitrogen and oxygen atoms in total. The van der Waals surface area contributed by atoms with Gasteiger partial charge in [-0.2, -0.15) is 5.26 Å². The van der Waals surface area contributed by atoms with E-state index in [0.717, 1.165) is 6.20 Å². The van der Waals surface area contributed by atoms with Gasteiger partial charge in [0.2, 0.25) is 0 Å². The van der Waals surface area contributed by atoms with Crippen LogP contribution in [0, 0.1) is 25.0 Å². The first-order valence-corrected chi connectivity index (χ1v) is 4.58. The first-order chi connectivity index (χ1) is 6.99. The predicted octanol–water partition coefficient (Wildman–Crippen LogP) is 2.40. The Bertz CT molecular complexity index is 458. The molecule has 1 heterocycles. The maximum absolute atomic E-state index is 12.5. The molecule has 0 fully saturated rings. The molecule has 15 heavy (non-hydrogen) atoms. The van der Waals surface area contributed by atoms with Gasteiger partial charge in [0.25, 0.3) is 6.43 Å². The monoisotopic (exact) mass is 325 g/mol. The molecule has 1 aromatic heterocycles. The van der Waals surface area contributed by atoms with Crippen molar-refractivity contribution in [3.05, 3.63) is 31.0 Å². The van der Waals surface area contributed by atoms with Gasteiger partial charge in [0.1, 0.15) is 17.2 Å². The molecule has 0 aliphatic carbocycles. The first kappa shape index (κ1) is 11.7. The third-order valence-electron chi connectivity index (χ3n) is 1.54. The predicted molar refractivity (Wildman–Crippen MR) is 53.3 cm³/mol. The maximum atomic E-state index is 12.5. The van der Waals surface area contributed by atoms with Crippen molar-refractivity contribution < 1.29 is 13.7 Å². The van der Waals surface area contributed by atoms with E-state index in [-0.39, 0.29) is 9.13 Å². The van der Waals surface area contributed by atoms with Gasteiger partial charge >= 0.3 is 5.82 Å². The third-order valence-corrected chi connectivity index (χ3v) is 2.70. The van der Waals surface area contributed by atoms with E-state index in [1.807, 2.05) is 0 Å². The van der Waals surface area contributed by atoms with Crippen molar-refractivity contribution in [1.29, 1.82) is 5.26 Å². The number of aromatic nitrogens is 1. The lowest BCUT2D eigenvalue weighted by atomic mass is 10.2. The van der Waals surface area contributed by atoms with E-state index in [9.17, 15) is 18.9 Å². The van der Waals surface area contributed by atoms with E-state index in [2.05, 4.69) is 4.98 Å². The molecule has 0 aliphatic rings. The van der Waals surface area contributed by atoms with Crippen LogP contribution in [-0.2, 0) is 0 Å². The van der Waals surface area contributed by atoms with Crippen LogP contribution >= 0.6 is 22.6 Å². The van der Waals surface area contributed by atoms with Gasteiger partial charge in [-0.1, -0.05) is 0 Å². The zero-order chi connectivity index (χ0) is 11.6. The van der Waals surface area contributed by atoms with Crippen molar-refractivity contribution in [3.8, 4) is 6.07 Å². The second-order valence-electron chi connectivity index (χ2n) is 2.39. The molecule has 0 atom stereocenters. The lowest BCUT2D eigenvalue weighted by molar-refractivity contribution is -0.391. The minimum Gasteiger partial charge on any atom is -0.358 e. The molecule has 8 heteroatoms. The molecule has 0 spiro atoms. The summed E-state index contributed by atoms with van der Waals surface area (Å²) in [6.45, 7) is 0. The molecule has 0 amide bonds. The lowest BCUT2D eigenvalue weighted by Crippen LogP contribution is -2.03. The van der Waals surface area contributed by atoms with Crippen LogP contribution in [0.1, 0.15) is 17.6 Å². The van der Waals surface area contributed by atoms with Crippen LogP contribution in [0.2, 0.25) is 0 Å². The van der Waals surface area contributed by atoms with E-state index in [1.54, 1.807) is 6.07 Å². The fourth-order valence-corrected chi connectivity index (χ4v) is 1.65. The summed E-state index contributed by atoms with van der Waals surface area (Å²) in [4.78, 5) is 12.6. The van der Waals surface area contributed by atoms with Crippen molar-refractivity contribution in [2.75, 3.05) is 0 Å². The maximum Gasteiger partial charge on any atom is 0.373 e. The molecular weight excluding hydrogens is 323 g/mol. The second-order valence-corrected chi connectivity index (χ2v) is 3.47. The number of nitro groups is 1. The van der Waals surface area contributed by atoms with Gasteiger partial charge in [-0.05, 0) is 32.5 Å². The van der Waals surface area contributed by atoms with Crippen molar-refractivity contribution >= 4 is 28.4 Å². The average molecular weight is 325 g/mol. The Morgan fingerprint density at radius 1 is 1.67 bits per heavy atom. The molecule has 0 saturated carbocycles. The van der Waals surface area contributed by atoms with Crippen LogP contribution in [0.25, 0.3) is 0 Å². The normalized spacial score (nSPS) is 10.1. The van der Waals surface area contributed by atoms with Crippen molar-refractivity contribution in [2.24, 2.45) is 0 Å². The zero-order valence-corrected chi connectivity index (χ0v) is 9.10. The molecule has 0 unspecified atom stereocenters. The highest BCUT2D eigenvalue weighted by molar-refractivity contribution is 14.1. The number of pyridine rings is 1. The Kier molecular flexibility index (Phi) is 3.46. The van der Waals surface area contributed by atoms with Crippen molar-refractivity contribution in [3.63, 3.8) is 0 Å². The molecule has 0 bridgehead atoms. The smallest absolute Gasteiger partial charge is 0.358 e. The number of hydrogen-bond donors (Lipinski definition) is 0. The molecule has 0 saturated heterocycles. The van der Waals surface area contributed by atoms with Gasteiger partial charge in [0.05, 0.1) is 3.57 Å². The van der Waals surface area contributed by atoms with Gasteiger partial charge in [-0.25, -0.2) is 8.78 Å². The summed E-state index contributed by atoms with van der Waals surface area (Å²) in [5.41, 5.74) is -0.906. The van der Waals surface area contributed by atoms with E-state index >= 15 is 0 Å². The van der Waals surface area contributed by atoms with Gasteiger partial charge < -0.3 is 10.1 Å². The Labute approximate surface area is 96.0 Å². The van der Waals surface area contributed by atoms with E-state index in [4.69, 9.17) is 5.26 Å². The van der Waals surface area contributed by atoms with Crippen molar-refractivity contribution in [2.45, 2.75) is 6.43 Å². The Morgan fingerprint density at radius 2 is 2.27 bits per heavy atom. The molecule has 78 valence electrons. The van der Waals surface area contributed by atoms with Crippen LogP contribution in [0.5, 0.6) is 0 Å². The molecular formula is C7H2F2IN3O2. The number of halogens is 3. The highest BCUT2D eigenvalue weighted by Gasteiger charge is 2.28. The Hall–Kier alpha value is -1.37. The molecule has 1 aromatic rings. The summed E-state index contributed by atoms with van der Waals surface area (Å²) in [6, 6.07) is 1.63. The quantitative estimate of drug-likeness (QED) is 0.475. The van der Waals surface area contributed by atoms with E-state index in [1.165, 1.54) is 22.6 Å². The molecule has 1 rings (SSSR count). The van der Waals surface area contributed by atoms with Crippen LogP contribution in [0.4, 0.5) is 14.6 Å². The second kappa shape index (κ2) is 4.43. The lowest BCUT2D eigenvalue weighted by Gasteiger charge is -2.04. The standard InChI is InChI=1S/C7H2F2IN3O2/c8-6(9)4-5(10)3(1-11)2-12-7(4)13(14)15/h2,6H. The fourth-order valence-electron chi connectivity index (χ4n) is 0.912. The van der Waals surface area contributed by atoms with Gasteiger partial charge in [0.15, 0.2) is 6.20 Å². The number of alkyl halides is 2. The highest BCUT2D eigenvalue weighted by atomic mass is 127. The largest absolute Gasteiger partial charge is 0.373 e. The summed E-state index contributed by atoms with van der Waals surface area (Å²) in [5.74, 6) is -0.909. The van der Waals surface area contributed by atoms with E-state index in [0.29, 0.717) is 0 Å². The fraction of sp³-hybridized carbons (Fsp3) is 0.143. The molecule has 0 aromatic carbocycles. The Balaban J connectivity index is 3.53. The van der Waals surface area contributed by atoms with Crippen LogP contribution in [-0.4, -0.2) is 9.91 Å². The molecule has 0 aliphatic heterocycles. The van der Waals surface area contributed by atoms with Gasteiger partial charge in [0, 0.05) is 0 Å². The summed E-state index contributed by atoms with van der Waals surface area (Å²) >= 11 is 1.47. The number of nitrogens with zero attached hydrogens (tertiary/aromatic N) is 3. The number of hydrogen-bond acceptors (Lipinski definition) is 4. The average Bonchev–Trinajstić information content (AvgIpc) is 2.16. The molecule has 0 N–H and O–H groups in total. The van der Waals surface area contributed by atoms with Gasteiger partial charge in [-0.15, -0.1) is 0 Å². The SMILES string of the molecule is N#Cc1cnc([N+](=O)[O-])c(C(F)F)c1I. The van der Waals surface area contributed by atoms with E-state index < -0.39 is 22.7 Å². The summed E-state index contributed by atoms with van der Waals surface area (Å²) in [6.07, 6.45) is -2.12. The first-order valence-electron chi connectivity index (χ1n) is 3.50.